The highest BCUT2D eigenvalue weighted by Crippen LogP contribution is 2.30. The molecule has 0 heterocycles. The van der Waals surface area contributed by atoms with Gasteiger partial charge in [0.2, 0.25) is 0 Å². The minimum Gasteiger partial charge on any atom is -0.386 e. The monoisotopic (exact) mass is 234 g/mol. The van der Waals surface area contributed by atoms with Crippen molar-refractivity contribution in [1.29, 1.82) is 0 Å². The van der Waals surface area contributed by atoms with E-state index < -0.39 is 17.3 Å². The smallest absolute Gasteiger partial charge is 0.386 e. The number of aliphatic hydroxyl groups is 1. The zero-order chi connectivity index (χ0) is 13.0. The van der Waals surface area contributed by atoms with Crippen LogP contribution in [0.5, 0.6) is 0 Å². The van der Waals surface area contributed by atoms with Gasteiger partial charge in [0.1, 0.15) is 0 Å². The average Bonchev–Trinajstić information content (AvgIpc) is 2.18. The van der Waals surface area contributed by atoms with Gasteiger partial charge in [-0.3, -0.25) is 0 Å². The van der Waals surface area contributed by atoms with Gasteiger partial charge < -0.3 is 5.11 Å². The molecule has 0 fully saturated rings. The van der Waals surface area contributed by atoms with Gasteiger partial charge in [0.05, 0.1) is 11.2 Å². The van der Waals surface area contributed by atoms with Crippen molar-refractivity contribution in [2.24, 2.45) is 0 Å². The molecule has 0 spiro atoms. The first-order valence-electron chi connectivity index (χ1n) is 5.11. The highest BCUT2D eigenvalue weighted by atomic mass is 19.4. The molecule has 0 aromatic heterocycles. The van der Waals surface area contributed by atoms with Gasteiger partial charge in [-0.1, -0.05) is 26.0 Å². The normalized spacial score (nSPS) is 11.8. The maximum absolute atomic E-state index is 12.2. The van der Waals surface area contributed by atoms with Crippen molar-refractivity contribution < 1.29 is 18.3 Å². The molecule has 1 aromatic carbocycles. The Morgan fingerprint density at radius 1 is 0.875 bits per heavy atom. The largest absolute Gasteiger partial charge is 0.416 e. The topological polar surface area (TPSA) is 20.2 Å². The minimum absolute atomic E-state index is 0.463. The van der Waals surface area contributed by atoms with Crippen LogP contribution in [0.1, 0.15) is 38.8 Å². The first kappa shape index (κ1) is 15.0. The maximum atomic E-state index is 12.2. The highest BCUT2D eigenvalue weighted by molar-refractivity contribution is 5.27. The predicted molar refractivity (Wildman–Crippen MR) is 58.0 cm³/mol. The second-order valence-electron chi connectivity index (χ2n) is 3.63. The third kappa shape index (κ3) is 4.23. The molecule has 0 saturated heterocycles. The first-order valence-corrected chi connectivity index (χ1v) is 5.11. The van der Waals surface area contributed by atoms with Gasteiger partial charge >= 0.3 is 6.18 Å². The second-order valence-corrected chi connectivity index (χ2v) is 3.63. The molecule has 0 radical (unpaired) electrons. The first-order chi connectivity index (χ1) is 7.21. The summed E-state index contributed by atoms with van der Waals surface area (Å²) in [6.45, 7) is 7.05. The molecule has 1 aromatic rings. The third-order valence-electron chi connectivity index (χ3n) is 1.92. The third-order valence-corrected chi connectivity index (χ3v) is 1.92. The van der Waals surface area contributed by atoms with Crippen molar-refractivity contribution in [1.82, 2.24) is 0 Å². The molecule has 0 aliphatic heterocycles. The lowest BCUT2D eigenvalue weighted by Crippen LogP contribution is -2.15. The fourth-order valence-corrected chi connectivity index (χ4v) is 1.07. The predicted octanol–water partition coefficient (Wildman–Crippen LogP) is 3.96. The molecule has 0 aliphatic carbocycles. The van der Waals surface area contributed by atoms with Gasteiger partial charge in [-0.2, -0.15) is 13.2 Å². The molecule has 1 rings (SSSR count). The number of benzene rings is 1. The summed E-state index contributed by atoms with van der Waals surface area (Å²) in [7, 11) is 0. The zero-order valence-electron chi connectivity index (χ0n) is 9.89. The fourth-order valence-electron chi connectivity index (χ4n) is 1.07. The van der Waals surface area contributed by atoms with Crippen LogP contribution in [0.25, 0.3) is 0 Å². The Morgan fingerprint density at radius 3 is 1.44 bits per heavy atom. The Labute approximate surface area is 93.9 Å². The highest BCUT2D eigenvalue weighted by Gasteiger charge is 2.30. The van der Waals surface area contributed by atoms with E-state index in [1.807, 2.05) is 13.8 Å². The Hall–Kier alpha value is -1.03. The van der Waals surface area contributed by atoms with Gasteiger partial charge in [0.15, 0.2) is 0 Å². The summed E-state index contributed by atoms with van der Waals surface area (Å²) in [4.78, 5) is 0. The van der Waals surface area contributed by atoms with Crippen molar-refractivity contribution in [3.63, 3.8) is 0 Å². The molecule has 1 N–H and O–H groups in total. The van der Waals surface area contributed by atoms with E-state index in [2.05, 4.69) is 0 Å². The number of hydrogen-bond donors (Lipinski definition) is 1. The average molecular weight is 234 g/mol. The van der Waals surface area contributed by atoms with Gasteiger partial charge in [-0.15, -0.1) is 0 Å². The van der Waals surface area contributed by atoms with E-state index in [4.69, 9.17) is 0 Å². The summed E-state index contributed by atoms with van der Waals surface area (Å²) in [5.41, 5.74) is -1.35. The van der Waals surface area contributed by atoms with Crippen molar-refractivity contribution in [2.45, 2.75) is 39.5 Å². The van der Waals surface area contributed by atoms with E-state index in [1.54, 1.807) is 0 Å². The number of hydrogen-bond acceptors (Lipinski definition) is 1. The summed E-state index contributed by atoms with van der Waals surface area (Å²) < 4.78 is 36.5. The molecular weight excluding hydrogens is 217 g/mol. The molecule has 0 bridgehead atoms. The lowest BCUT2D eigenvalue weighted by Gasteiger charge is -2.18. The molecule has 0 amide bonds. The van der Waals surface area contributed by atoms with Crippen LogP contribution in [0.3, 0.4) is 0 Å². The number of rotatable bonds is 1. The van der Waals surface area contributed by atoms with Crippen LogP contribution in [0.15, 0.2) is 24.3 Å². The Morgan fingerprint density at radius 2 is 1.19 bits per heavy atom. The summed E-state index contributed by atoms with van der Waals surface area (Å²) >= 11 is 0. The Bertz CT molecular complexity index is 274. The molecule has 92 valence electrons. The van der Waals surface area contributed by atoms with E-state index >= 15 is 0 Å². The molecule has 0 unspecified atom stereocenters. The second kappa shape index (κ2) is 5.34. The van der Waals surface area contributed by atoms with Crippen molar-refractivity contribution in [2.75, 3.05) is 0 Å². The molecule has 4 heteroatoms. The van der Waals surface area contributed by atoms with Crippen LogP contribution in [0.2, 0.25) is 0 Å². The Balaban J connectivity index is 0.00000106. The standard InChI is InChI=1S/C10H11F3O.C2H6/c1-9(2,14)7-3-5-8(6-4-7)10(11,12)13;1-2/h3-6,14H,1-2H3;1-2H3. The van der Waals surface area contributed by atoms with Crippen molar-refractivity contribution in [3.8, 4) is 0 Å². The number of halogens is 3. The summed E-state index contributed by atoms with van der Waals surface area (Å²) in [5.74, 6) is 0. The molecule has 0 aliphatic rings. The van der Waals surface area contributed by atoms with E-state index in [1.165, 1.54) is 26.0 Å². The van der Waals surface area contributed by atoms with Crippen LogP contribution in [0, 0.1) is 0 Å². The lowest BCUT2D eigenvalue weighted by molar-refractivity contribution is -0.137. The quantitative estimate of drug-likeness (QED) is 0.779. The SMILES string of the molecule is CC.CC(C)(O)c1ccc(C(F)(F)F)cc1. The molecule has 0 saturated carbocycles. The number of alkyl halides is 3. The van der Waals surface area contributed by atoms with Crippen LogP contribution >= 0.6 is 0 Å². The van der Waals surface area contributed by atoms with Crippen LogP contribution in [0.4, 0.5) is 13.2 Å². The van der Waals surface area contributed by atoms with Crippen LogP contribution in [-0.2, 0) is 11.8 Å². The minimum atomic E-state index is -4.32. The molecule has 16 heavy (non-hydrogen) atoms. The molecular formula is C12H17F3O. The van der Waals surface area contributed by atoms with Gasteiger partial charge in [0, 0.05) is 0 Å². The van der Waals surface area contributed by atoms with E-state index in [0.717, 1.165) is 12.1 Å². The zero-order valence-corrected chi connectivity index (χ0v) is 9.89. The van der Waals surface area contributed by atoms with Gasteiger partial charge in [-0.05, 0) is 31.5 Å². The Kier molecular flexibility index (Phi) is 5.00. The lowest BCUT2D eigenvalue weighted by atomic mass is 9.97. The van der Waals surface area contributed by atoms with E-state index in [0.29, 0.717) is 5.56 Å². The van der Waals surface area contributed by atoms with Crippen molar-refractivity contribution in [3.05, 3.63) is 35.4 Å². The van der Waals surface area contributed by atoms with E-state index in [9.17, 15) is 18.3 Å². The van der Waals surface area contributed by atoms with Crippen LogP contribution < -0.4 is 0 Å². The van der Waals surface area contributed by atoms with E-state index in [-0.39, 0.29) is 0 Å². The van der Waals surface area contributed by atoms with Gasteiger partial charge in [-0.25, -0.2) is 0 Å². The van der Waals surface area contributed by atoms with Crippen LogP contribution in [-0.4, -0.2) is 5.11 Å². The summed E-state index contributed by atoms with van der Waals surface area (Å²) in [5, 5.41) is 9.50. The summed E-state index contributed by atoms with van der Waals surface area (Å²) in [6.07, 6.45) is -4.32. The maximum Gasteiger partial charge on any atom is 0.416 e. The van der Waals surface area contributed by atoms with Crippen molar-refractivity contribution >= 4 is 0 Å². The molecule has 1 nitrogen and oxygen atoms in total. The fraction of sp³-hybridized carbons (Fsp3) is 0.500. The van der Waals surface area contributed by atoms with Gasteiger partial charge in [0.25, 0.3) is 0 Å². The summed E-state index contributed by atoms with van der Waals surface area (Å²) in [6, 6.07) is 4.49. The molecule has 0 atom stereocenters.